The number of aromatic amines is 2. The second-order valence-corrected chi connectivity index (χ2v) is 10.1. The smallest absolute Gasteiger partial charge is 0.272 e. The molecule has 0 fully saturated rings. The van der Waals surface area contributed by atoms with E-state index >= 15 is 0 Å². The van der Waals surface area contributed by atoms with E-state index in [1.807, 2.05) is 6.07 Å². The molecule has 2 aromatic heterocycles. The summed E-state index contributed by atoms with van der Waals surface area (Å²) >= 11 is 0. The molecule has 9 N–H and O–H groups in total. The molecule has 14 heteroatoms. The summed E-state index contributed by atoms with van der Waals surface area (Å²) in [6, 6.07) is 14.1. The lowest BCUT2D eigenvalue weighted by Gasteiger charge is -2.08. The molecule has 0 aliphatic carbocycles. The number of carbonyl (C=O) groups excluding carboxylic acids is 3. The van der Waals surface area contributed by atoms with Crippen molar-refractivity contribution in [2.75, 3.05) is 57.7 Å². The highest BCUT2D eigenvalue weighted by Gasteiger charge is 2.14. The third kappa shape index (κ3) is 6.69. The van der Waals surface area contributed by atoms with Crippen LogP contribution >= 0.6 is 0 Å². The Hall–Kier alpha value is -5.53. The van der Waals surface area contributed by atoms with Crippen molar-refractivity contribution in [1.29, 1.82) is 0 Å². The summed E-state index contributed by atoms with van der Waals surface area (Å²) in [6.45, 7) is 5.16. The molecule has 0 saturated heterocycles. The number of amides is 3. The molecule has 222 valence electrons. The summed E-state index contributed by atoms with van der Waals surface area (Å²) in [7, 11) is 0. The van der Waals surface area contributed by atoms with E-state index in [9.17, 15) is 14.4 Å². The van der Waals surface area contributed by atoms with Crippen LogP contribution in [0.2, 0.25) is 0 Å². The van der Waals surface area contributed by atoms with Crippen molar-refractivity contribution in [2.45, 2.75) is 0 Å². The van der Waals surface area contributed by atoms with Gasteiger partial charge in [0, 0.05) is 72.3 Å². The number of anilines is 1. The topological polar surface area (TPSA) is 192 Å². The van der Waals surface area contributed by atoms with Gasteiger partial charge < -0.3 is 47.2 Å². The molecule has 0 bridgehead atoms. The second-order valence-electron chi connectivity index (χ2n) is 10.1. The van der Waals surface area contributed by atoms with Crippen molar-refractivity contribution in [3.05, 3.63) is 65.5 Å². The fraction of sp³-hybridized carbons (Fsp3) is 0.276. The first-order valence-electron chi connectivity index (χ1n) is 14.2. The zero-order chi connectivity index (χ0) is 29.6. The number of hydrogen-bond acceptors (Lipinski definition) is 9. The Morgan fingerprint density at radius 3 is 1.86 bits per heavy atom. The van der Waals surface area contributed by atoms with Gasteiger partial charge in [0.25, 0.3) is 17.7 Å². The fourth-order valence-corrected chi connectivity index (χ4v) is 4.87. The Labute approximate surface area is 246 Å². The number of nitrogens with one attached hydrogen (secondary N) is 9. The van der Waals surface area contributed by atoms with Gasteiger partial charge in [0.1, 0.15) is 11.4 Å². The van der Waals surface area contributed by atoms with E-state index < -0.39 is 0 Å². The molecule has 4 heterocycles. The van der Waals surface area contributed by atoms with E-state index in [-0.39, 0.29) is 17.7 Å². The largest absolute Gasteiger partial charge is 0.355 e. The summed E-state index contributed by atoms with van der Waals surface area (Å²) in [5, 5.41) is 22.7. The van der Waals surface area contributed by atoms with Crippen LogP contribution in [0.25, 0.3) is 21.8 Å². The van der Waals surface area contributed by atoms with Crippen molar-refractivity contribution in [3.63, 3.8) is 0 Å². The maximum atomic E-state index is 13.0. The average Bonchev–Trinajstić information content (AvgIpc) is 3.83. The Kier molecular flexibility index (Phi) is 8.06. The molecule has 2 aliphatic heterocycles. The summed E-state index contributed by atoms with van der Waals surface area (Å²) < 4.78 is 0. The number of hydrogen-bond donors (Lipinski definition) is 9. The molecule has 43 heavy (non-hydrogen) atoms. The maximum Gasteiger partial charge on any atom is 0.272 e. The van der Waals surface area contributed by atoms with Gasteiger partial charge in [0.2, 0.25) is 0 Å². The predicted molar refractivity (Wildman–Crippen MR) is 166 cm³/mol. The van der Waals surface area contributed by atoms with Crippen LogP contribution in [0.3, 0.4) is 0 Å². The van der Waals surface area contributed by atoms with Crippen molar-refractivity contribution in [3.8, 4) is 0 Å². The second kappa shape index (κ2) is 12.5. The highest BCUT2D eigenvalue weighted by Crippen LogP contribution is 2.22. The average molecular weight is 584 g/mol. The van der Waals surface area contributed by atoms with Crippen molar-refractivity contribution >= 4 is 57.1 Å². The summed E-state index contributed by atoms with van der Waals surface area (Å²) in [5.74, 6) is 0.768. The number of fused-ring (bicyclic) bond motifs is 2. The van der Waals surface area contributed by atoms with Crippen LogP contribution in [-0.2, 0) is 0 Å². The normalized spacial score (nSPS) is 14.0. The molecule has 0 saturated carbocycles. The van der Waals surface area contributed by atoms with E-state index in [1.165, 1.54) is 0 Å². The number of H-pyrrole nitrogens is 2. The van der Waals surface area contributed by atoms with Crippen LogP contribution in [0.15, 0.2) is 58.5 Å². The number of aromatic nitrogens is 2. The van der Waals surface area contributed by atoms with Crippen LogP contribution in [0.5, 0.6) is 0 Å². The molecule has 0 unspecified atom stereocenters. The van der Waals surface area contributed by atoms with Crippen molar-refractivity contribution in [2.24, 2.45) is 9.98 Å². The zero-order valence-electron chi connectivity index (χ0n) is 23.4. The van der Waals surface area contributed by atoms with Crippen LogP contribution < -0.4 is 37.2 Å². The minimum absolute atomic E-state index is 0.196. The minimum Gasteiger partial charge on any atom is -0.355 e. The molecular formula is C29H33N11O3. The van der Waals surface area contributed by atoms with E-state index in [4.69, 9.17) is 0 Å². The van der Waals surface area contributed by atoms with E-state index in [2.05, 4.69) is 57.2 Å². The molecule has 4 aromatic rings. The highest BCUT2D eigenvalue weighted by atomic mass is 16.2. The van der Waals surface area contributed by atoms with Crippen LogP contribution in [0.1, 0.15) is 31.3 Å². The predicted octanol–water partition coefficient (Wildman–Crippen LogP) is 0.459. The molecule has 14 nitrogen and oxygen atoms in total. The van der Waals surface area contributed by atoms with Gasteiger partial charge in [0.15, 0.2) is 11.9 Å². The highest BCUT2D eigenvalue weighted by molar-refractivity contribution is 6.08. The molecule has 0 spiro atoms. The van der Waals surface area contributed by atoms with Gasteiger partial charge in [-0.15, -0.1) is 0 Å². The zero-order valence-corrected chi connectivity index (χ0v) is 23.4. The van der Waals surface area contributed by atoms with Crippen molar-refractivity contribution in [1.82, 2.24) is 41.9 Å². The minimum atomic E-state index is -0.321. The quantitative estimate of drug-likeness (QED) is 0.121. The SMILES string of the molecule is O=C(NCCNC1=NCCN1)c1ccc2[nH]c(C(=O)Nc3ccc4[nH]c(C(=O)NCCNC5=NCCN5)cc4c3)cc2c1. The number of benzene rings is 2. The molecule has 0 atom stereocenters. The van der Waals surface area contributed by atoms with Crippen LogP contribution in [-0.4, -0.2) is 92.0 Å². The Balaban J connectivity index is 1.03. The third-order valence-corrected chi connectivity index (χ3v) is 7.01. The third-order valence-electron chi connectivity index (χ3n) is 7.01. The molecule has 2 aromatic carbocycles. The fourth-order valence-electron chi connectivity index (χ4n) is 4.87. The number of nitrogens with zero attached hydrogens (tertiary/aromatic N) is 2. The van der Waals surface area contributed by atoms with Crippen molar-refractivity contribution < 1.29 is 14.4 Å². The molecule has 0 radical (unpaired) electrons. The van der Waals surface area contributed by atoms with Gasteiger partial charge in [-0.2, -0.15) is 0 Å². The van der Waals surface area contributed by atoms with E-state index in [1.54, 1.807) is 42.5 Å². The first-order chi connectivity index (χ1) is 21.0. The van der Waals surface area contributed by atoms with Gasteiger partial charge in [0.05, 0.1) is 13.1 Å². The van der Waals surface area contributed by atoms with E-state index in [0.717, 1.165) is 59.9 Å². The standard InChI is InChI=1S/C29H33N11O3/c41-25(30-5-7-32-28-34-9-10-35-28)17-1-3-21-18(13-17)15-24(40-21)27(43)38-20-2-4-22-19(14-20)16-23(39-22)26(42)31-6-8-33-29-36-11-12-37-29/h1-4,13-16,39-40H,5-12H2,(H,30,41)(H,31,42)(H,38,43)(H2,32,34,35)(H2,33,36,37). The molecule has 2 aliphatic rings. The van der Waals surface area contributed by atoms with Gasteiger partial charge in [-0.05, 0) is 48.5 Å². The van der Waals surface area contributed by atoms with Gasteiger partial charge in [-0.1, -0.05) is 0 Å². The van der Waals surface area contributed by atoms with Gasteiger partial charge in [-0.25, -0.2) is 0 Å². The number of carbonyl (C=O) groups is 3. The Morgan fingerprint density at radius 2 is 1.23 bits per heavy atom. The Morgan fingerprint density at radius 1 is 0.651 bits per heavy atom. The maximum absolute atomic E-state index is 13.0. The number of guanidine groups is 2. The number of aliphatic imine (C=N–C) groups is 2. The first kappa shape index (κ1) is 27.6. The first-order valence-corrected chi connectivity index (χ1v) is 14.2. The Bertz CT molecular complexity index is 1740. The monoisotopic (exact) mass is 583 g/mol. The summed E-state index contributed by atoms with van der Waals surface area (Å²) in [5.41, 5.74) is 3.41. The lowest BCUT2D eigenvalue weighted by molar-refractivity contribution is 0.0944. The lowest BCUT2D eigenvalue weighted by Crippen LogP contribution is -2.39. The molecule has 3 amide bonds. The van der Waals surface area contributed by atoms with E-state index in [0.29, 0.717) is 48.8 Å². The lowest BCUT2D eigenvalue weighted by atomic mass is 10.1. The summed E-state index contributed by atoms with van der Waals surface area (Å²) in [4.78, 5) is 53.0. The van der Waals surface area contributed by atoms with Crippen LogP contribution in [0, 0.1) is 0 Å². The van der Waals surface area contributed by atoms with Gasteiger partial charge >= 0.3 is 0 Å². The summed E-state index contributed by atoms with van der Waals surface area (Å²) in [6.07, 6.45) is 0. The van der Waals surface area contributed by atoms with Gasteiger partial charge in [-0.3, -0.25) is 24.4 Å². The number of rotatable bonds is 10. The van der Waals surface area contributed by atoms with Crippen LogP contribution in [0.4, 0.5) is 5.69 Å². The molecular weight excluding hydrogens is 550 g/mol. The molecule has 6 rings (SSSR count).